The van der Waals surface area contributed by atoms with Gasteiger partial charge in [-0.1, -0.05) is 12.1 Å². The van der Waals surface area contributed by atoms with Gasteiger partial charge >= 0.3 is 6.18 Å². The summed E-state index contributed by atoms with van der Waals surface area (Å²) in [6.07, 6.45) is -3.32. The Labute approximate surface area is 160 Å². The highest BCUT2D eigenvalue weighted by Crippen LogP contribution is 2.29. The average molecular weight is 396 g/mol. The van der Waals surface area contributed by atoms with E-state index in [9.17, 15) is 22.4 Å². The van der Waals surface area contributed by atoms with Gasteiger partial charge in [-0.3, -0.25) is 9.69 Å². The van der Waals surface area contributed by atoms with Crippen LogP contribution >= 0.6 is 0 Å². The fraction of sp³-hybridized carbons (Fsp3) is 0.368. The van der Waals surface area contributed by atoms with Crippen LogP contribution in [0.5, 0.6) is 0 Å². The number of nitrogens with zero attached hydrogens (tertiary/aromatic N) is 3. The summed E-state index contributed by atoms with van der Waals surface area (Å²) in [6, 6.07) is 8.39. The van der Waals surface area contributed by atoms with Crippen molar-refractivity contribution in [1.29, 1.82) is 0 Å². The first-order valence-corrected chi connectivity index (χ1v) is 8.88. The number of nitrogens with one attached hydrogen (secondary N) is 1. The summed E-state index contributed by atoms with van der Waals surface area (Å²) < 4.78 is 51.4. The van der Waals surface area contributed by atoms with Crippen molar-refractivity contribution in [3.8, 4) is 0 Å². The Morgan fingerprint density at radius 1 is 1.07 bits per heavy atom. The first-order chi connectivity index (χ1) is 13.3. The first-order valence-electron chi connectivity index (χ1n) is 8.88. The van der Waals surface area contributed by atoms with Gasteiger partial charge in [0.05, 0.1) is 11.3 Å². The highest BCUT2D eigenvalue weighted by molar-refractivity contribution is 5.90. The van der Waals surface area contributed by atoms with Crippen molar-refractivity contribution in [2.75, 3.05) is 42.9 Å². The summed E-state index contributed by atoms with van der Waals surface area (Å²) in [5.74, 6) is -0.240. The van der Waals surface area contributed by atoms with E-state index in [1.54, 1.807) is 12.1 Å². The Hall–Kier alpha value is -2.68. The van der Waals surface area contributed by atoms with Crippen LogP contribution in [-0.2, 0) is 11.0 Å². The maximum absolute atomic E-state index is 13.5. The van der Waals surface area contributed by atoms with Crippen LogP contribution in [0.2, 0.25) is 0 Å². The molecule has 1 fully saturated rings. The van der Waals surface area contributed by atoms with Crippen molar-refractivity contribution in [2.24, 2.45) is 0 Å². The molecule has 5 nitrogen and oxygen atoms in total. The van der Waals surface area contributed by atoms with Gasteiger partial charge < -0.3 is 10.2 Å². The summed E-state index contributed by atoms with van der Waals surface area (Å²) in [5.41, 5.74) is -0.610. The van der Waals surface area contributed by atoms with Crippen LogP contribution in [-0.4, -0.2) is 48.5 Å². The normalized spacial score (nSPS) is 15.5. The molecule has 0 spiro atoms. The van der Waals surface area contributed by atoms with Crippen molar-refractivity contribution in [3.63, 3.8) is 0 Å². The van der Waals surface area contributed by atoms with Crippen LogP contribution in [0.4, 0.5) is 29.1 Å². The molecule has 0 unspecified atom stereocenters. The molecule has 0 atom stereocenters. The highest BCUT2D eigenvalue weighted by atomic mass is 19.4. The molecule has 1 amide bonds. The van der Waals surface area contributed by atoms with Gasteiger partial charge in [0.25, 0.3) is 0 Å². The molecule has 9 heteroatoms. The molecule has 1 aliphatic heterocycles. The van der Waals surface area contributed by atoms with Gasteiger partial charge in [-0.2, -0.15) is 13.2 Å². The number of anilines is 2. The zero-order valence-electron chi connectivity index (χ0n) is 15.0. The number of carbonyl (C=O) groups is 1. The second-order valence-corrected chi connectivity index (χ2v) is 6.51. The molecule has 1 aliphatic rings. The van der Waals surface area contributed by atoms with E-state index >= 15 is 0 Å². The van der Waals surface area contributed by atoms with Crippen molar-refractivity contribution in [3.05, 3.63) is 54.0 Å². The predicted octanol–water partition coefficient (Wildman–Crippen LogP) is 3.39. The zero-order valence-corrected chi connectivity index (χ0v) is 15.0. The first kappa shape index (κ1) is 20.1. The number of aromatic nitrogens is 1. The van der Waals surface area contributed by atoms with E-state index in [2.05, 4.69) is 15.2 Å². The molecule has 3 rings (SSSR count). The van der Waals surface area contributed by atoms with E-state index in [4.69, 9.17) is 0 Å². The van der Waals surface area contributed by atoms with Crippen molar-refractivity contribution >= 4 is 17.4 Å². The minimum absolute atomic E-state index is 0.158. The molecule has 0 aliphatic carbocycles. The average Bonchev–Trinajstić information content (AvgIpc) is 2.68. The smallest absolute Gasteiger partial charge is 0.354 e. The number of alkyl halides is 3. The lowest BCUT2D eigenvalue weighted by Crippen LogP contribution is -2.47. The maximum Gasteiger partial charge on any atom is 0.417 e. The molecule has 1 aromatic heterocycles. The molecule has 150 valence electrons. The molecule has 2 heterocycles. The third kappa shape index (κ3) is 5.19. The minimum atomic E-state index is -4.40. The zero-order chi connectivity index (χ0) is 20.1. The van der Waals surface area contributed by atoms with Crippen LogP contribution in [0.1, 0.15) is 12.0 Å². The summed E-state index contributed by atoms with van der Waals surface area (Å²) in [6.45, 7) is 3.06. The van der Waals surface area contributed by atoms with Crippen LogP contribution in [0.15, 0.2) is 42.6 Å². The molecule has 1 aromatic carbocycles. The van der Waals surface area contributed by atoms with Gasteiger partial charge in [0, 0.05) is 45.3 Å². The molecule has 1 saturated heterocycles. The van der Waals surface area contributed by atoms with Crippen LogP contribution in [0.25, 0.3) is 0 Å². The maximum atomic E-state index is 13.5. The molecular formula is C19H20F4N4O. The van der Waals surface area contributed by atoms with E-state index < -0.39 is 17.6 Å². The van der Waals surface area contributed by atoms with E-state index in [1.807, 2.05) is 4.90 Å². The number of pyridine rings is 1. The Bertz CT molecular complexity index is 802. The fourth-order valence-electron chi connectivity index (χ4n) is 2.98. The predicted molar refractivity (Wildman–Crippen MR) is 97.5 cm³/mol. The van der Waals surface area contributed by atoms with Crippen molar-refractivity contribution in [2.45, 2.75) is 12.6 Å². The van der Waals surface area contributed by atoms with Gasteiger partial charge in [0.2, 0.25) is 5.91 Å². The van der Waals surface area contributed by atoms with Gasteiger partial charge in [-0.05, 0) is 24.3 Å². The lowest BCUT2D eigenvalue weighted by Gasteiger charge is -2.35. The second-order valence-electron chi connectivity index (χ2n) is 6.51. The molecule has 2 aromatic rings. The Morgan fingerprint density at radius 3 is 2.39 bits per heavy atom. The Kier molecular flexibility index (Phi) is 6.13. The molecule has 1 N–H and O–H groups in total. The largest absolute Gasteiger partial charge is 0.417 e. The van der Waals surface area contributed by atoms with E-state index in [0.717, 1.165) is 12.3 Å². The van der Waals surface area contributed by atoms with Crippen LogP contribution in [0.3, 0.4) is 0 Å². The van der Waals surface area contributed by atoms with Crippen molar-refractivity contribution in [1.82, 2.24) is 9.88 Å². The van der Waals surface area contributed by atoms with E-state index in [-0.39, 0.29) is 18.0 Å². The number of halogens is 4. The topological polar surface area (TPSA) is 48.5 Å². The quantitative estimate of drug-likeness (QED) is 0.788. The Balaban J connectivity index is 1.44. The summed E-state index contributed by atoms with van der Waals surface area (Å²) in [7, 11) is 0. The monoisotopic (exact) mass is 396 g/mol. The molecular weight excluding hydrogens is 376 g/mol. The molecule has 0 saturated carbocycles. The number of piperazine rings is 1. The van der Waals surface area contributed by atoms with Crippen LogP contribution < -0.4 is 10.2 Å². The Morgan fingerprint density at radius 2 is 1.79 bits per heavy atom. The summed E-state index contributed by atoms with van der Waals surface area (Å²) >= 11 is 0. The third-order valence-corrected chi connectivity index (χ3v) is 4.57. The van der Waals surface area contributed by atoms with Gasteiger partial charge in [-0.25, -0.2) is 9.37 Å². The molecule has 28 heavy (non-hydrogen) atoms. The van der Waals surface area contributed by atoms with E-state index in [1.165, 1.54) is 18.2 Å². The lowest BCUT2D eigenvalue weighted by molar-refractivity contribution is -0.137. The third-order valence-electron chi connectivity index (χ3n) is 4.57. The number of para-hydroxylation sites is 1. The summed E-state index contributed by atoms with van der Waals surface area (Å²) in [5, 5.41) is 2.55. The summed E-state index contributed by atoms with van der Waals surface area (Å²) in [4.78, 5) is 19.9. The molecule has 0 radical (unpaired) electrons. The van der Waals surface area contributed by atoms with Gasteiger partial charge in [-0.15, -0.1) is 0 Å². The van der Waals surface area contributed by atoms with Crippen LogP contribution in [0, 0.1) is 5.82 Å². The second kappa shape index (κ2) is 8.55. The lowest BCUT2D eigenvalue weighted by atomic mass is 10.2. The van der Waals surface area contributed by atoms with Gasteiger partial charge in [0.1, 0.15) is 11.6 Å². The highest BCUT2D eigenvalue weighted by Gasteiger charge is 2.31. The number of amides is 1. The number of rotatable bonds is 5. The standard InChI is InChI=1S/C19H20F4N4O/c20-15-3-1-2-4-16(15)25-18(28)7-8-26-9-11-27(12-10-26)17-6-5-14(13-24-17)19(21,22)23/h1-6,13H,7-12H2,(H,25,28). The number of hydrogen-bond acceptors (Lipinski definition) is 4. The van der Waals surface area contributed by atoms with E-state index in [0.29, 0.717) is 38.5 Å². The molecule has 0 bridgehead atoms. The number of carbonyl (C=O) groups excluding carboxylic acids is 1. The minimum Gasteiger partial charge on any atom is -0.354 e. The SMILES string of the molecule is O=C(CCN1CCN(c2ccc(C(F)(F)F)cn2)CC1)Nc1ccccc1F. The fourth-order valence-corrected chi connectivity index (χ4v) is 2.98. The number of hydrogen-bond donors (Lipinski definition) is 1. The number of benzene rings is 1. The van der Waals surface area contributed by atoms with Crippen molar-refractivity contribution < 1.29 is 22.4 Å². The van der Waals surface area contributed by atoms with Gasteiger partial charge in [0.15, 0.2) is 0 Å².